The summed E-state index contributed by atoms with van der Waals surface area (Å²) in [5, 5.41) is 9.48. The number of H-pyrrole nitrogens is 1. The molecule has 1 amide bonds. The average molecular weight is 266 g/mol. The molecule has 0 atom stereocenters. The third-order valence-corrected chi connectivity index (χ3v) is 3.08. The first-order valence-corrected chi connectivity index (χ1v) is 6.29. The predicted octanol–water partition coefficient (Wildman–Crippen LogP) is 2.76. The third kappa shape index (κ3) is 2.33. The summed E-state index contributed by atoms with van der Waals surface area (Å²) < 4.78 is 1.98. The number of carbonyl (C=O) groups is 1. The van der Waals surface area contributed by atoms with Crippen LogP contribution in [0.3, 0.4) is 0 Å². The van der Waals surface area contributed by atoms with E-state index in [1.165, 1.54) is 6.20 Å². The van der Waals surface area contributed by atoms with Gasteiger partial charge in [-0.25, -0.2) is 0 Å². The Kier molecular flexibility index (Phi) is 3.09. The lowest BCUT2D eigenvalue weighted by Crippen LogP contribution is -2.12. The van der Waals surface area contributed by atoms with Crippen molar-refractivity contribution in [3.8, 4) is 5.69 Å². The second-order valence-electron chi connectivity index (χ2n) is 4.50. The van der Waals surface area contributed by atoms with Crippen LogP contribution in [0.15, 0.2) is 55.0 Å². The molecule has 3 aromatic rings. The molecule has 2 heterocycles. The molecule has 0 spiro atoms. The van der Waals surface area contributed by atoms with Crippen LogP contribution in [0, 0.1) is 6.92 Å². The van der Waals surface area contributed by atoms with E-state index < -0.39 is 0 Å². The molecular formula is C15H14N4O. The van der Waals surface area contributed by atoms with E-state index in [2.05, 4.69) is 15.5 Å². The maximum absolute atomic E-state index is 12.1. The van der Waals surface area contributed by atoms with Crippen molar-refractivity contribution in [3.63, 3.8) is 0 Å². The van der Waals surface area contributed by atoms with E-state index in [1.807, 2.05) is 60.3 Å². The van der Waals surface area contributed by atoms with Crippen molar-refractivity contribution < 1.29 is 4.79 Å². The fourth-order valence-electron chi connectivity index (χ4n) is 2.03. The molecular weight excluding hydrogens is 252 g/mol. The van der Waals surface area contributed by atoms with Crippen LogP contribution in [-0.2, 0) is 0 Å². The molecule has 1 aromatic carbocycles. The Morgan fingerprint density at radius 1 is 1.25 bits per heavy atom. The first-order chi connectivity index (χ1) is 9.74. The zero-order valence-electron chi connectivity index (χ0n) is 11.0. The van der Waals surface area contributed by atoms with E-state index in [4.69, 9.17) is 0 Å². The number of aromatic amines is 1. The fraction of sp³-hybridized carbons (Fsp3) is 0.0667. The molecule has 0 aliphatic rings. The number of nitrogens with zero attached hydrogens (tertiary/aromatic N) is 2. The number of amides is 1. The van der Waals surface area contributed by atoms with Gasteiger partial charge in [-0.05, 0) is 37.3 Å². The summed E-state index contributed by atoms with van der Waals surface area (Å²) in [5.74, 6) is -0.166. The minimum absolute atomic E-state index is 0.166. The van der Waals surface area contributed by atoms with Gasteiger partial charge in [0.2, 0.25) is 0 Å². The molecule has 0 aliphatic heterocycles. The van der Waals surface area contributed by atoms with Gasteiger partial charge in [-0.15, -0.1) is 0 Å². The monoisotopic (exact) mass is 266 g/mol. The Morgan fingerprint density at radius 2 is 2.05 bits per heavy atom. The summed E-state index contributed by atoms with van der Waals surface area (Å²) in [4.78, 5) is 12.1. The summed E-state index contributed by atoms with van der Waals surface area (Å²) in [6.45, 7) is 1.82. The first-order valence-electron chi connectivity index (χ1n) is 6.29. The molecule has 0 bridgehead atoms. The van der Waals surface area contributed by atoms with Gasteiger partial charge < -0.3 is 9.88 Å². The number of benzene rings is 1. The number of hydrogen-bond acceptors (Lipinski definition) is 2. The Hall–Kier alpha value is -2.82. The highest BCUT2D eigenvalue weighted by atomic mass is 16.1. The van der Waals surface area contributed by atoms with Crippen molar-refractivity contribution in [3.05, 3.63) is 66.2 Å². The predicted molar refractivity (Wildman–Crippen MR) is 77.0 cm³/mol. The number of hydrogen-bond donors (Lipinski definition) is 2. The maximum atomic E-state index is 12.1. The van der Waals surface area contributed by atoms with E-state index in [0.29, 0.717) is 5.56 Å². The molecule has 0 unspecified atom stereocenters. The lowest BCUT2D eigenvalue weighted by molar-refractivity contribution is 0.102. The van der Waals surface area contributed by atoms with Crippen LogP contribution < -0.4 is 5.32 Å². The first kappa shape index (κ1) is 12.2. The SMILES string of the molecule is Cc1[nH]ncc1C(=O)Nc1cccc(-n2cccc2)c1. The summed E-state index contributed by atoms with van der Waals surface area (Å²) in [5.41, 5.74) is 3.05. The molecule has 5 heteroatoms. The van der Waals surface area contributed by atoms with Crippen LogP contribution in [-0.4, -0.2) is 20.7 Å². The largest absolute Gasteiger partial charge is 0.324 e. The highest BCUT2D eigenvalue weighted by molar-refractivity contribution is 6.04. The zero-order chi connectivity index (χ0) is 13.9. The normalized spacial score (nSPS) is 10.4. The van der Waals surface area contributed by atoms with Crippen LogP contribution >= 0.6 is 0 Å². The van der Waals surface area contributed by atoms with Crippen molar-refractivity contribution >= 4 is 11.6 Å². The second-order valence-corrected chi connectivity index (χ2v) is 4.50. The lowest BCUT2D eigenvalue weighted by atomic mass is 10.2. The van der Waals surface area contributed by atoms with Crippen molar-refractivity contribution in [1.29, 1.82) is 0 Å². The van der Waals surface area contributed by atoms with Gasteiger partial charge in [-0.2, -0.15) is 5.10 Å². The Bertz CT molecular complexity index is 728. The van der Waals surface area contributed by atoms with Crippen LogP contribution in [0.5, 0.6) is 0 Å². The van der Waals surface area contributed by atoms with E-state index in [1.54, 1.807) is 0 Å². The smallest absolute Gasteiger partial charge is 0.259 e. The number of nitrogens with one attached hydrogen (secondary N) is 2. The molecule has 3 rings (SSSR count). The molecule has 0 fully saturated rings. The van der Waals surface area contributed by atoms with Gasteiger partial charge in [0.05, 0.1) is 11.8 Å². The molecule has 2 aromatic heterocycles. The summed E-state index contributed by atoms with van der Waals surface area (Å²) in [7, 11) is 0. The topological polar surface area (TPSA) is 62.7 Å². The van der Waals surface area contributed by atoms with Crippen LogP contribution in [0.1, 0.15) is 16.1 Å². The number of rotatable bonds is 3. The van der Waals surface area contributed by atoms with Crippen LogP contribution in [0.25, 0.3) is 5.69 Å². The van der Waals surface area contributed by atoms with Gasteiger partial charge in [0, 0.05) is 29.5 Å². The number of carbonyl (C=O) groups excluding carboxylic acids is 1. The van der Waals surface area contributed by atoms with Crippen molar-refractivity contribution in [1.82, 2.24) is 14.8 Å². The summed E-state index contributed by atoms with van der Waals surface area (Å²) in [6.07, 6.45) is 5.45. The van der Waals surface area contributed by atoms with Gasteiger partial charge in [-0.1, -0.05) is 6.07 Å². The second kappa shape index (κ2) is 5.05. The molecule has 0 saturated carbocycles. The van der Waals surface area contributed by atoms with Gasteiger partial charge in [0.15, 0.2) is 0 Å². The quantitative estimate of drug-likeness (QED) is 0.765. The van der Waals surface area contributed by atoms with Gasteiger partial charge in [0.1, 0.15) is 0 Å². The Balaban J connectivity index is 1.83. The maximum Gasteiger partial charge on any atom is 0.259 e. The summed E-state index contributed by atoms with van der Waals surface area (Å²) >= 11 is 0. The van der Waals surface area contributed by atoms with Crippen molar-refractivity contribution in [2.24, 2.45) is 0 Å². The highest BCUT2D eigenvalue weighted by Gasteiger charge is 2.11. The summed E-state index contributed by atoms with van der Waals surface area (Å²) in [6, 6.07) is 11.6. The van der Waals surface area contributed by atoms with Crippen LogP contribution in [0.4, 0.5) is 5.69 Å². The van der Waals surface area contributed by atoms with E-state index in [-0.39, 0.29) is 5.91 Å². The standard InChI is InChI=1S/C15H14N4O/c1-11-14(10-16-18-11)15(20)17-12-5-4-6-13(9-12)19-7-2-3-8-19/h2-10H,1H3,(H,16,18)(H,17,20). The highest BCUT2D eigenvalue weighted by Crippen LogP contribution is 2.16. The van der Waals surface area contributed by atoms with Crippen LogP contribution in [0.2, 0.25) is 0 Å². The Morgan fingerprint density at radius 3 is 2.75 bits per heavy atom. The minimum atomic E-state index is -0.166. The van der Waals surface area contributed by atoms with Gasteiger partial charge in [-0.3, -0.25) is 9.89 Å². The number of anilines is 1. The molecule has 2 N–H and O–H groups in total. The molecule has 0 saturated heterocycles. The molecule has 5 nitrogen and oxygen atoms in total. The third-order valence-electron chi connectivity index (χ3n) is 3.08. The molecule has 100 valence electrons. The fourth-order valence-corrected chi connectivity index (χ4v) is 2.03. The van der Waals surface area contributed by atoms with Crippen molar-refractivity contribution in [2.75, 3.05) is 5.32 Å². The average Bonchev–Trinajstić information content (AvgIpc) is 3.09. The minimum Gasteiger partial charge on any atom is -0.324 e. The number of aromatic nitrogens is 3. The van der Waals surface area contributed by atoms with E-state index in [0.717, 1.165) is 17.1 Å². The molecule has 0 radical (unpaired) electrons. The molecule has 20 heavy (non-hydrogen) atoms. The van der Waals surface area contributed by atoms with E-state index in [9.17, 15) is 4.79 Å². The van der Waals surface area contributed by atoms with Gasteiger partial charge in [0.25, 0.3) is 5.91 Å². The van der Waals surface area contributed by atoms with Gasteiger partial charge >= 0.3 is 0 Å². The Labute approximate surface area is 116 Å². The zero-order valence-corrected chi connectivity index (χ0v) is 11.0. The van der Waals surface area contributed by atoms with Crippen molar-refractivity contribution in [2.45, 2.75) is 6.92 Å². The van der Waals surface area contributed by atoms with E-state index >= 15 is 0 Å². The number of aryl methyl sites for hydroxylation is 1. The lowest BCUT2D eigenvalue weighted by Gasteiger charge is -2.08. The molecule has 0 aliphatic carbocycles.